The summed E-state index contributed by atoms with van der Waals surface area (Å²) in [5, 5.41) is 0. The van der Waals surface area contributed by atoms with Crippen LogP contribution in [0.5, 0.6) is 0 Å². The molecule has 0 N–H and O–H groups in total. The summed E-state index contributed by atoms with van der Waals surface area (Å²) >= 11 is 0. The molecule has 0 heterocycles. The number of hydrogen-bond donors (Lipinski definition) is 0. The molecule has 0 rings (SSSR count). The molecule has 0 bridgehead atoms. The lowest BCUT2D eigenvalue weighted by molar-refractivity contribution is 0.498. The van der Waals surface area contributed by atoms with Crippen molar-refractivity contribution >= 4 is 12.4 Å². The molecule has 0 spiro atoms. The molecule has 0 aliphatic heterocycles. The molecule has 2 heteroatoms. The second-order valence-corrected chi connectivity index (χ2v) is 4.00. The standard InChI is InChI=1S/C10H18N2/c1-8(2)12-7-9(11-6)10(3,4)5/h7H,6H2,1-5H3/b9-7-. The van der Waals surface area contributed by atoms with E-state index in [0.717, 1.165) is 11.4 Å². The molecule has 0 saturated heterocycles. The highest BCUT2D eigenvalue weighted by molar-refractivity contribution is 5.79. The monoisotopic (exact) mass is 166 g/mol. The van der Waals surface area contributed by atoms with Crippen molar-refractivity contribution in [1.82, 2.24) is 0 Å². The fraction of sp³-hybridized carbons (Fsp3) is 0.600. The zero-order chi connectivity index (χ0) is 9.78. The van der Waals surface area contributed by atoms with Crippen LogP contribution in [0.2, 0.25) is 0 Å². The highest BCUT2D eigenvalue weighted by atomic mass is 14.8. The average Bonchev–Trinajstić information content (AvgIpc) is 1.85. The zero-order valence-corrected chi connectivity index (χ0v) is 8.68. The third-order valence-electron chi connectivity index (χ3n) is 1.38. The quantitative estimate of drug-likeness (QED) is 0.563. The topological polar surface area (TPSA) is 24.7 Å². The normalized spacial score (nSPS) is 12.6. The second-order valence-electron chi connectivity index (χ2n) is 4.00. The van der Waals surface area contributed by atoms with Gasteiger partial charge in [-0.2, -0.15) is 0 Å². The summed E-state index contributed by atoms with van der Waals surface area (Å²) < 4.78 is 0. The molecule has 2 nitrogen and oxygen atoms in total. The molecule has 68 valence electrons. The third-order valence-corrected chi connectivity index (χ3v) is 1.38. The molecule has 0 radical (unpaired) electrons. The van der Waals surface area contributed by atoms with E-state index >= 15 is 0 Å². The Morgan fingerprint density at radius 3 is 2.00 bits per heavy atom. The molecule has 0 aliphatic carbocycles. The first-order valence-electron chi connectivity index (χ1n) is 4.06. The van der Waals surface area contributed by atoms with Crippen LogP contribution in [0.4, 0.5) is 0 Å². The van der Waals surface area contributed by atoms with Gasteiger partial charge in [-0.3, -0.25) is 9.98 Å². The summed E-state index contributed by atoms with van der Waals surface area (Å²) in [5.74, 6) is 0. The van der Waals surface area contributed by atoms with Gasteiger partial charge in [0.2, 0.25) is 0 Å². The Morgan fingerprint density at radius 2 is 1.75 bits per heavy atom. The van der Waals surface area contributed by atoms with Crippen molar-refractivity contribution in [2.75, 3.05) is 0 Å². The van der Waals surface area contributed by atoms with Gasteiger partial charge in [0.25, 0.3) is 0 Å². The van der Waals surface area contributed by atoms with Crippen molar-refractivity contribution in [3.63, 3.8) is 0 Å². The van der Waals surface area contributed by atoms with Crippen molar-refractivity contribution in [2.45, 2.75) is 34.6 Å². The molecular weight excluding hydrogens is 148 g/mol. The number of hydrogen-bond acceptors (Lipinski definition) is 2. The van der Waals surface area contributed by atoms with Gasteiger partial charge < -0.3 is 0 Å². The minimum Gasteiger partial charge on any atom is -0.267 e. The van der Waals surface area contributed by atoms with E-state index in [9.17, 15) is 0 Å². The van der Waals surface area contributed by atoms with E-state index in [1.165, 1.54) is 0 Å². The molecule has 0 unspecified atom stereocenters. The SMILES string of the molecule is C=N/C(=C\N=C(C)C)C(C)(C)C. The Bertz CT molecular complexity index is 212. The molecule has 12 heavy (non-hydrogen) atoms. The van der Waals surface area contributed by atoms with Gasteiger partial charge in [0.1, 0.15) is 0 Å². The van der Waals surface area contributed by atoms with E-state index in [4.69, 9.17) is 0 Å². The minimum atomic E-state index is 0.0285. The molecule has 0 atom stereocenters. The summed E-state index contributed by atoms with van der Waals surface area (Å²) in [6.45, 7) is 13.7. The molecule has 0 saturated carbocycles. The van der Waals surface area contributed by atoms with E-state index < -0.39 is 0 Å². The predicted octanol–water partition coefficient (Wildman–Crippen LogP) is 3.06. The maximum absolute atomic E-state index is 4.18. The average molecular weight is 166 g/mol. The molecule has 0 fully saturated rings. The van der Waals surface area contributed by atoms with Crippen molar-refractivity contribution < 1.29 is 0 Å². The van der Waals surface area contributed by atoms with Gasteiger partial charge in [0.15, 0.2) is 0 Å². The van der Waals surface area contributed by atoms with Gasteiger partial charge in [-0.1, -0.05) is 20.8 Å². The summed E-state index contributed by atoms with van der Waals surface area (Å²) in [6.07, 6.45) is 1.78. The lowest BCUT2D eigenvalue weighted by Crippen LogP contribution is -2.07. The maximum atomic E-state index is 4.18. The summed E-state index contributed by atoms with van der Waals surface area (Å²) in [4.78, 5) is 8.12. The number of rotatable bonds is 2. The first kappa shape index (κ1) is 11.1. The van der Waals surface area contributed by atoms with Crippen LogP contribution in [0.15, 0.2) is 21.9 Å². The molecular formula is C10H18N2. The third kappa shape index (κ3) is 4.06. The van der Waals surface area contributed by atoms with Crippen LogP contribution < -0.4 is 0 Å². The van der Waals surface area contributed by atoms with E-state index in [1.54, 1.807) is 6.20 Å². The summed E-state index contributed by atoms with van der Waals surface area (Å²) in [5.41, 5.74) is 1.98. The maximum Gasteiger partial charge on any atom is 0.0632 e. The minimum absolute atomic E-state index is 0.0285. The molecule has 0 aliphatic rings. The molecule has 0 aromatic heterocycles. The van der Waals surface area contributed by atoms with Gasteiger partial charge in [0, 0.05) is 17.3 Å². The van der Waals surface area contributed by atoms with E-state index in [0.29, 0.717) is 0 Å². The van der Waals surface area contributed by atoms with Crippen LogP contribution in [0.1, 0.15) is 34.6 Å². The number of aliphatic imine (C=N–C) groups is 2. The highest BCUT2D eigenvalue weighted by Crippen LogP contribution is 2.25. The van der Waals surface area contributed by atoms with Crippen LogP contribution in [-0.2, 0) is 0 Å². The van der Waals surface area contributed by atoms with Crippen molar-refractivity contribution in [3.8, 4) is 0 Å². The van der Waals surface area contributed by atoms with E-state index in [2.05, 4.69) is 37.5 Å². The number of nitrogens with zero attached hydrogens (tertiary/aromatic N) is 2. The Hall–Kier alpha value is -0.920. The van der Waals surface area contributed by atoms with Crippen LogP contribution in [-0.4, -0.2) is 12.4 Å². The largest absolute Gasteiger partial charge is 0.267 e. The van der Waals surface area contributed by atoms with Crippen molar-refractivity contribution in [2.24, 2.45) is 15.4 Å². The fourth-order valence-corrected chi connectivity index (χ4v) is 0.662. The smallest absolute Gasteiger partial charge is 0.0632 e. The van der Waals surface area contributed by atoms with Gasteiger partial charge in [-0.15, -0.1) is 0 Å². The first-order chi connectivity index (χ1) is 5.38. The van der Waals surface area contributed by atoms with Gasteiger partial charge in [0.05, 0.1) is 5.70 Å². The Morgan fingerprint density at radius 1 is 1.25 bits per heavy atom. The highest BCUT2D eigenvalue weighted by Gasteiger charge is 2.14. The first-order valence-corrected chi connectivity index (χ1v) is 4.06. The van der Waals surface area contributed by atoms with Gasteiger partial charge >= 0.3 is 0 Å². The fourth-order valence-electron chi connectivity index (χ4n) is 0.662. The molecule has 0 amide bonds. The van der Waals surface area contributed by atoms with E-state index in [-0.39, 0.29) is 5.41 Å². The Balaban J connectivity index is 4.68. The van der Waals surface area contributed by atoms with Gasteiger partial charge in [-0.05, 0) is 20.6 Å². The van der Waals surface area contributed by atoms with Gasteiger partial charge in [-0.25, -0.2) is 0 Å². The second kappa shape index (κ2) is 4.19. The summed E-state index contributed by atoms with van der Waals surface area (Å²) in [6, 6.07) is 0. The Kier molecular flexibility index (Phi) is 3.87. The Labute approximate surface area is 75.1 Å². The van der Waals surface area contributed by atoms with Crippen LogP contribution in [0.3, 0.4) is 0 Å². The summed E-state index contributed by atoms with van der Waals surface area (Å²) in [7, 11) is 0. The molecule has 0 aromatic carbocycles. The zero-order valence-electron chi connectivity index (χ0n) is 8.68. The lowest BCUT2D eigenvalue weighted by atomic mass is 9.93. The number of allylic oxidation sites excluding steroid dienone is 1. The molecule has 0 aromatic rings. The van der Waals surface area contributed by atoms with E-state index in [1.807, 2.05) is 13.8 Å². The lowest BCUT2D eigenvalue weighted by Gasteiger charge is -2.17. The van der Waals surface area contributed by atoms with Crippen molar-refractivity contribution in [3.05, 3.63) is 11.9 Å². The van der Waals surface area contributed by atoms with Crippen LogP contribution in [0.25, 0.3) is 0 Å². The predicted molar refractivity (Wildman–Crippen MR) is 55.9 cm³/mol. The van der Waals surface area contributed by atoms with Crippen LogP contribution >= 0.6 is 0 Å². The van der Waals surface area contributed by atoms with Crippen LogP contribution in [0, 0.1) is 5.41 Å². The van der Waals surface area contributed by atoms with Crippen molar-refractivity contribution in [1.29, 1.82) is 0 Å².